The fourth-order valence-corrected chi connectivity index (χ4v) is 2.86. The number of hydrogen-bond donors (Lipinski definition) is 1. The van der Waals surface area contributed by atoms with E-state index in [1.165, 1.54) is 16.0 Å². The minimum absolute atomic E-state index is 0.396. The maximum Gasteiger partial charge on any atom is 0.331 e. The van der Waals surface area contributed by atoms with Gasteiger partial charge in [0.2, 0.25) is 0 Å². The van der Waals surface area contributed by atoms with Crippen molar-refractivity contribution in [2.45, 2.75) is 25.8 Å². The fraction of sp³-hybridized carbons (Fsp3) is 0.400. The van der Waals surface area contributed by atoms with Gasteiger partial charge in [0.05, 0.1) is 8.66 Å². The Balaban J connectivity index is 2.54. The molecule has 0 aromatic carbocycles. The number of halogens is 1. The molecule has 0 saturated carbocycles. The molecule has 0 aliphatic rings. The Bertz CT molecular complexity index is 582. The van der Waals surface area contributed by atoms with Crippen molar-refractivity contribution in [2.75, 3.05) is 0 Å². The summed E-state index contributed by atoms with van der Waals surface area (Å²) in [5.41, 5.74) is -1.14. The number of carboxylic acid groups (broad SMARTS) is 1. The summed E-state index contributed by atoms with van der Waals surface area (Å²) in [6, 6.07) is 3.73. The first-order valence-corrected chi connectivity index (χ1v) is 6.88. The standard InChI is InChI=1S/C10H11BrN4O2S/c1-3-10(2,9(16)17)15-8(12-13-14-15)6-4-5-7(11)18-6/h4-5H,3H2,1-2H3,(H,16,17). The summed E-state index contributed by atoms with van der Waals surface area (Å²) >= 11 is 4.82. The van der Waals surface area contributed by atoms with Gasteiger partial charge in [0.15, 0.2) is 11.4 Å². The topological polar surface area (TPSA) is 80.9 Å². The first-order chi connectivity index (χ1) is 8.49. The maximum atomic E-state index is 11.4. The van der Waals surface area contributed by atoms with Crippen molar-refractivity contribution in [3.63, 3.8) is 0 Å². The number of carboxylic acids is 1. The molecule has 0 amide bonds. The van der Waals surface area contributed by atoms with E-state index >= 15 is 0 Å². The number of aromatic nitrogens is 4. The summed E-state index contributed by atoms with van der Waals surface area (Å²) in [7, 11) is 0. The predicted molar refractivity (Wildman–Crippen MR) is 70.4 cm³/mol. The average molecular weight is 331 g/mol. The van der Waals surface area contributed by atoms with Crippen LogP contribution in [0.1, 0.15) is 20.3 Å². The van der Waals surface area contributed by atoms with Crippen LogP contribution in [0.4, 0.5) is 0 Å². The van der Waals surface area contributed by atoms with Gasteiger partial charge in [-0.15, -0.1) is 16.4 Å². The van der Waals surface area contributed by atoms with E-state index in [1.54, 1.807) is 13.8 Å². The first kappa shape index (κ1) is 13.2. The summed E-state index contributed by atoms with van der Waals surface area (Å²) in [6.07, 6.45) is 0.396. The van der Waals surface area contributed by atoms with E-state index in [-0.39, 0.29) is 0 Å². The Morgan fingerprint density at radius 1 is 1.61 bits per heavy atom. The Labute approximate surface area is 116 Å². The third-order valence-electron chi connectivity index (χ3n) is 2.88. The third-order valence-corrected chi connectivity index (χ3v) is 4.50. The van der Waals surface area contributed by atoms with E-state index in [4.69, 9.17) is 0 Å². The van der Waals surface area contributed by atoms with Crippen molar-refractivity contribution >= 4 is 33.2 Å². The number of thiophene rings is 1. The summed E-state index contributed by atoms with van der Waals surface area (Å²) in [5.74, 6) is -0.480. The lowest BCUT2D eigenvalue weighted by Crippen LogP contribution is -2.39. The van der Waals surface area contributed by atoms with Gasteiger partial charge in [0.25, 0.3) is 0 Å². The van der Waals surface area contributed by atoms with Gasteiger partial charge in [0.1, 0.15) is 0 Å². The van der Waals surface area contributed by atoms with Crippen LogP contribution in [-0.4, -0.2) is 31.3 Å². The second-order valence-electron chi connectivity index (χ2n) is 3.95. The van der Waals surface area contributed by atoms with Crippen molar-refractivity contribution in [1.82, 2.24) is 20.2 Å². The molecule has 2 aromatic rings. The monoisotopic (exact) mass is 330 g/mol. The normalized spacial score (nSPS) is 14.4. The Morgan fingerprint density at radius 3 is 2.83 bits per heavy atom. The average Bonchev–Trinajstić information content (AvgIpc) is 2.95. The number of hydrogen-bond acceptors (Lipinski definition) is 5. The molecule has 0 spiro atoms. The van der Waals surface area contributed by atoms with Crippen molar-refractivity contribution in [3.05, 3.63) is 15.9 Å². The summed E-state index contributed by atoms with van der Waals surface area (Å²) in [6.45, 7) is 3.40. The highest BCUT2D eigenvalue weighted by Crippen LogP contribution is 2.32. The summed E-state index contributed by atoms with van der Waals surface area (Å²) < 4.78 is 2.31. The molecule has 0 bridgehead atoms. The molecular weight excluding hydrogens is 320 g/mol. The molecule has 0 aliphatic heterocycles. The summed E-state index contributed by atoms with van der Waals surface area (Å²) in [4.78, 5) is 12.2. The number of rotatable bonds is 4. The molecular formula is C10H11BrN4O2S. The van der Waals surface area contributed by atoms with E-state index in [0.717, 1.165) is 8.66 Å². The molecule has 0 radical (unpaired) electrons. The van der Waals surface area contributed by atoms with Gasteiger partial charge in [-0.05, 0) is 51.8 Å². The van der Waals surface area contributed by atoms with Gasteiger partial charge in [-0.2, -0.15) is 0 Å². The van der Waals surface area contributed by atoms with E-state index in [0.29, 0.717) is 12.2 Å². The molecule has 2 rings (SSSR count). The Morgan fingerprint density at radius 2 is 2.33 bits per heavy atom. The number of tetrazole rings is 1. The van der Waals surface area contributed by atoms with Crippen LogP contribution in [0.3, 0.4) is 0 Å². The van der Waals surface area contributed by atoms with Gasteiger partial charge in [0, 0.05) is 0 Å². The van der Waals surface area contributed by atoms with E-state index in [9.17, 15) is 9.90 Å². The highest BCUT2D eigenvalue weighted by molar-refractivity contribution is 9.11. The van der Waals surface area contributed by atoms with Crippen LogP contribution in [0.25, 0.3) is 10.7 Å². The fourth-order valence-electron chi connectivity index (χ4n) is 1.50. The van der Waals surface area contributed by atoms with Crippen molar-refractivity contribution in [3.8, 4) is 10.7 Å². The Kier molecular flexibility index (Phi) is 3.49. The molecule has 6 nitrogen and oxygen atoms in total. The molecule has 0 aliphatic carbocycles. The van der Waals surface area contributed by atoms with Crippen LogP contribution in [0, 0.1) is 0 Å². The van der Waals surface area contributed by atoms with E-state index in [2.05, 4.69) is 31.5 Å². The molecule has 8 heteroatoms. The molecule has 1 atom stereocenters. The maximum absolute atomic E-state index is 11.4. The smallest absolute Gasteiger partial charge is 0.331 e. The molecule has 0 saturated heterocycles. The minimum atomic E-state index is -1.14. The molecule has 0 fully saturated rings. The zero-order valence-corrected chi connectivity index (χ0v) is 12.2. The minimum Gasteiger partial charge on any atom is -0.479 e. The lowest BCUT2D eigenvalue weighted by molar-refractivity contribution is -0.147. The zero-order valence-electron chi connectivity index (χ0n) is 9.79. The van der Waals surface area contributed by atoms with E-state index < -0.39 is 11.5 Å². The second kappa shape index (κ2) is 4.77. The molecule has 96 valence electrons. The van der Waals surface area contributed by atoms with Crippen molar-refractivity contribution in [1.29, 1.82) is 0 Å². The zero-order chi connectivity index (χ0) is 13.3. The summed E-state index contributed by atoms with van der Waals surface area (Å²) in [5, 5.41) is 20.7. The largest absolute Gasteiger partial charge is 0.479 e. The Hall–Kier alpha value is -1.28. The van der Waals surface area contributed by atoms with Gasteiger partial charge in [-0.1, -0.05) is 6.92 Å². The van der Waals surface area contributed by atoms with Crippen molar-refractivity contribution in [2.24, 2.45) is 0 Å². The number of nitrogens with zero attached hydrogens (tertiary/aromatic N) is 4. The third kappa shape index (κ3) is 2.05. The van der Waals surface area contributed by atoms with Crippen molar-refractivity contribution < 1.29 is 9.90 Å². The molecule has 1 unspecified atom stereocenters. The van der Waals surface area contributed by atoms with Crippen LogP contribution in [0.15, 0.2) is 15.9 Å². The van der Waals surface area contributed by atoms with Crippen LogP contribution in [0.5, 0.6) is 0 Å². The molecule has 2 aromatic heterocycles. The van der Waals surface area contributed by atoms with Crippen LogP contribution in [-0.2, 0) is 10.3 Å². The molecule has 2 heterocycles. The SMILES string of the molecule is CCC(C)(C(=O)O)n1nnnc1-c1ccc(Br)s1. The molecule has 18 heavy (non-hydrogen) atoms. The van der Waals surface area contributed by atoms with Gasteiger partial charge < -0.3 is 5.11 Å². The van der Waals surface area contributed by atoms with Gasteiger partial charge in [-0.3, -0.25) is 0 Å². The lowest BCUT2D eigenvalue weighted by atomic mass is 9.99. The van der Waals surface area contributed by atoms with Crippen LogP contribution in [0.2, 0.25) is 0 Å². The molecule has 1 N–H and O–H groups in total. The predicted octanol–water partition coefficient (Wildman–Crippen LogP) is 2.37. The number of aliphatic carboxylic acids is 1. The second-order valence-corrected chi connectivity index (χ2v) is 6.41. The first-order valence-electron chi connectivity index (χ1n) is 5.27. The van der Waals surface area contributed by atoms with Crippen LogP contribution >= 0.6 is 27.3 Å². The van der Waals surface area contributed by atoms with Crippen LogP contribution < -0.4 is 0 Å². The van der Waals surface area contributed by atoms with Gasteiger partial charge in [-0.25, -0.2) is 9.48 Å². The van der Waals surface area contributed by atoms with Gasteiger partial charge >= 0.3 is 5.97 Å². The quantitative estimate of drug-likeness (QED) is 0.930. The highest BCUT2D eigenvalue weighted by Gasteiger charge is 2.37. The number of carbonyl (C=O) groups is 1. The highest BCUT2D eigenvalue weighted by atomic mass is 79.9. The van der Waals surface area contributed by atoms with E-state index in [1.807, 2.05) is 12.1 Å². The lowest BCUT2D eigenvalue weighted by Gasteiger charge is -2.23.